The summed E-state index contributed by atoms with van der Waals surface area (Å²) in [6.45, 7) is 2.54. The molecule has 0 bridgehead atoms. The highest BCUT2D eigenvalue weighted by atomic mass is 79.9. The van der Waals surface area contributed by atoms with Crippen LogP contribution in [0.3, 0.4) is 0 Å². The molecular formula is C9H13BrF3N3. The predicted molar refractivity (Wildman–Crippen MR) is 56.9 cm³/mol. The average molecular weight is 300 g/mol. The molecule has 1 rings (SSSR count). The molecule has 1 heterocycles. The number of rotatable bonds is 5. The molecule has 1 aromatic heterocycles. The van der Waals surface area contributed by atoms with E-state index in [4.69, 9.17) is 0 Å². The maximum absolute atomic E-state index is 12.4. The molecule has 16 heavy (non-hydrogen) atoms. The lowest BCUT2D eigenvalue weighted by atomic mass is 10.2. The molecule has 1 aromatic rings. The van der Waals surface area contributed by atoms with Gasteiger partial charge in [-0.15, -0.1) is 5.10 Å². The Labute approximate surface area is 100 Å². The van der Waals surface area contributed by atoms with E-state index in [9.17, 15) is 13.2 Å². The largest absolute Gasteiger partial charge is 0.437 e. The standard InChI is InChI=1S/C9H13BrF3N3/c1-2-3-4-5-6-16-8(10)7(14-15-16)9(11,12)13/h2-6H2,1H3. The van der Waals surface area contributed by atoms with Crippen molar-refractivity contribution in [2.75, 3.05) is 0 Å². The second-order valence-electron chi connectivity index (χ2n) is 3.51. The van der Waals surface area contributed by atoms with Crippen LogP contribution in [-0.4, -0.2) is 15.0 Å². The van der Waals surface area contributed by atoms with Crippen LogP contribution >= 0.6 is 15.9 Å². The van der Waals surface area contributed by atoms with Crippen LogP contribution in [0.15, 0.2) is 4.60 Å². The van der Waals surface area contributed by atoms with Crippen LogP contribution in [0.4, 0.5) is 13.2 Å². The van der Waals surface area contributed by atoms with E-state index in [-0.39, 0.29) is 4.60 Å². The number of hydrogen-bond acceptors (Lipinski definition) is 2. The summed E-state index contributed by atoms with van der Waals surface area (Å²) in [5.41, 5.74) is -0.956. The Morgan fingerprint density at radius 1 is 1.25 bits per heavy atom. The lowest BCUT2D eigenvalue weighted by molar-refractivity contribution is -0.141. The van der Waals surface area contributed by atoms with E-state index in [1.54, 1.807) is 0 Å². The Bertz CT molecular complexity index is 335. The molecular weight excluding hydrogens is 287 g/mol. The summed E-state index contributed by atoms with van der Waals surface area (Å²) in [7, 11) is 0. The highest BCUT2D eigenvalue weighted by Gasteiger charge is 2.37. The molecule has 0 saturated heterocycles. The van der Waals surface area contributed by atoms with Gasteiger partial charge in [0.25, 0.3) is 0 Å². The van der Waals surface area contributed by atoms with Crippen LogP contribution in [0.2, 0.25) is 0 Å². The van der Waals surface area contributed by atoms with Crippen LogP contribution < -0.4 is 0 Å². The van der Waals surface area contributed by atoms with Gasteiger partial charge in [0.1, 0.15) is 4.60 Å². The Hall–Kier alpha value is -0.590. The van der Waals surface area contributed by atoms with Crippen molar-refractivity contribution >= 4 is 15.9 Å². The summed E-state index contributed by atoms with van der Waals surface area (Å²) in [6, 6.07) is 0. The first-order chi connectivity index (χ1) is 7.46. The van der Waals surface area contributed by atoms with Gasteiger partial charge in [-0.05, 0) is 22.4 Å². The molecule has 0 radical (unpaired) electrons. The Kier molecular flexibility index (Phi) is 4.76. The van der Waals surface area contributed by atoms with Crippen LogP contribution in [0.1, 0.15) is 38.3 Å². The van der Waals surface area contributed by atoms with Gasteiger partial charge in [-0.3, -0.25) is 0 Å². The minimum absolute atomic E-state index is 0.0866. The molecule has 0 atom stereocenters. The molecule has 0 spiro atoms. The van der Waals surface area contributed by atoms with Crippen molar-refractivity contribution in [2.45, 2.75) is 45.3 Å². The molecule has 0 saturated carbocycles. The number of unbranched alkanes of at least 4 members (excludes halogenated alkanes) is 3. The Morgan fingerprint density at radius 3 is 2.44 bits per heavy atom. The quantitative estimate of drug-likeness (QED) is 0.777. The Morgan fingerprint density at radius 2 is 1.94 bits per heavy atom. The first-order valence-electron chi connectivity index (χ1n) is 5.13. The van der Waals surface area contributed by atoms with Crippen molar-refractivity contribution in [3.63, 3.8) is 0 Å². The van der Waals surface area contributed by atoms with Crippen molar-refractivity contribution in [3.05, 3.63) is 10.3 Å². The van der Waals surface area contributed by atoms with Crippen LogP contribution in [-0.2, 0) is 12.7 Å². The second-order valence-corrected chi connectivity index (χ2v) is 4.26. The smallest absolute Gasteiger partial charge is 0.238 e. The minimum atomic E-state index is -4.44. The number of aromatic nitrogens is 3. The van der Waals surface area contributed by atoms with Gasteiger partial charge >= 0.3 is 6.18 Å². The maximum atomic E-state index is 12.4. The lowest BCUT2D eigenvalue weighted by Crippen LogP contribution is -2.07. The van der Waals surface area contributed by atoms with Gasteiger partial charge in [0.2, 0.25) is 5.69 Å². The number of hydrogen-bond donors (Lipinski definition) is 0. The predicted octanol–water partition coefficient (Wildman–Crippen LogP) is 3.64. The van der Waals surface area contributed by atoms with Crippen molar-refractivity contribution in [1.29, 1.82) is 0 Å². The molecule has 0 fully saturated rings. The summed E-state index contributed by atoms with van der Waals surface area (Å²) < 4.78 is 38.2. The van der Waals surface area contributed by atoms with Gasteiger partial charge in [-0.1, -0.05) is 31.4 Å². The maximum Gasteiger partial charge on any atom is 0.437 e. The van der Waals surface area contributed by atoms with E-state index < -0.39 is 11.9 Å². The average Bonchev–Trinajstić information content (AvgIpc) is 2.54. The number of nitrogens with zero attached hydrogens (tertiary/aromatic N) is 3. The number of aryl methyl sites for hydroxylation is 1. The van der Waals surface area contributed by atoms with Crippen LogP contribution in [0.25, 0.3) is 0 Å². The van der Waals surface area contributed by atoms with E-state index in [1.807, 2.05) is 0 Å². The van der Waals surface area contributed by atoms with Gasteiger partial charge in [0, 0.05) is 6.54 Å². The van der Waals surface area contributed by atoms with Crippen molar-refractivity contribution in [1.82, 2.24) is 15.0 Å². The van der Waals surface area contributed by atoms with Crippen molar-refractivity contribution < 1.29 is 13.2 Å². The fourth-order valence-corrected chi connectivity index (χ4v) is 1.86. The van der Waals surface area contributed by atoms with Crippen LogP contribution in [0, 0.1) is 0 Å². The number of alkyl halides is 3. The summed E-state index contributed by atoms with van der Waals surface area (Å²) >= 11 is 2.87. The zero-order valence-corrected chi connectivity index (χ0v) is 10.5. The third-order valence-electron chi connectivity index (χ3n) is 2.17. The van der Waals surface area contributed by atoms with Crippen LogP contribution in [0.5, 0.6) is 0 Å². The molecule has 0 N–H and O–H groups in total. The topological polar surface area (TPSA) is 30.7 Å². The summed E-state index contributed by atoms with van der Waals surface area (Å²) in [5.74, 6) is 0. The minimum Gasteiger partial charge on any atom is -0.238 e. The molecule has 92 valence electrons. The summed E-state index contributed by atoms with van der Waals surface area (Å²) in [6.07, 6.45) is -0.470. The molecule has 0 aliphatic heterocycles. The van der Waals surface area contributed by atoms with E-state index in [0.29, 0.717) is 6.54 Å². The molecule has 3 nitrogen and oxygen atoms in total. The zero-order valence-electron chi connectivity index (χ0n) is 8.89. The molecule has 0 unspecified atom stereocenters. The van der Waals surface area contributed by atoms with E-state index in [1.165, 1.54) is 4.68 Å². The molecule has 0 amide bonds. The fourth-order valence-electron chi connectivity index (χ4n) is 1.31. The van der Waals surface area contributed by atoms with Gasteiger partial charge in [0.05, 0.1) is 0 Å². The first-order valence-corrected chi connectivity index (χ1v) is 5.92. The molecule has 0 aliphatic carbocycles. The summed E-state index contributed by atoms with van der Waals surface area (Å²) in [5, 5.41) is 6.61. The summed E-state index contributed by atoms with van der Waals surface area (Å²) in [4.78, 5) is 0. The Balaban J connectivity index is 2.59. The highest BCUT2D eigenvalue weighted by Crippen LogP contribution is 2.32. The van der Waals surface area contributed by atoms with E-state index >= 15 is 0 Å². The van der Waals surface area contributed by atoms with E-state index in [2.05, 4.69) is 33.2 Å². The third kappa shape index (κ3) is 3.47. The highest BCUT2D eigenvalue weighted by molar-refractivity contribution is 9.10. The lowest BCUT2D eigenvalue weighted by Gasteiger charge is -2.04. The first kappa shape index (κ1) is 13.5. The monoisotopic (exact) mass is 299 g/mol. The van der Waals surface area contributed by atoms with E-state index in [0.717, 1.165) is 25.7 Å². The van der Waals surface area contributed by atoms with Gasteiger partial charge in [0.15, 0.2) is 0 Å². The fraction of sp³-hybridized carbons (Fsp3) is 0.778. The van der Waals surface area contributed by atoms with Gasteiger partial charge in [-0.2, -0.15) is 13.2 Å². The SMILES string of the molecule is CCCCCCn1nnc(C(F)(F)F)c1Br. The van der Waals surface area contributed by atoms with Crippen molar-refractivity contribution in [3.8, 4) is 0 Å². The molecule has 0 aromatic carbocycles. The second kappa shape index (κ2) is 5.65. The molecule has 0 aliphatic rings. The normalized spacial score (nSPS) is 12.1. The number of halogens is 4. The zero-order chi connectivity index (χ0) is 12.2. The van der Waals surface area contributed by atoms with Gasteiger partial charge in [-0.25, -0.2) is 4.68 Å². The molecule has 7 heteroatoms. The van der Waals surface area contributed by atoms with Gasteiger partial charge < -0.3 is 0 Å². The van der Waals surface area contributed by atoms with Crippen molar-refractivity contribution in [2.24, 2.45) is 0 Å². The third-order valence-corrected chi connectivity index (χ3v) is 2.95.